The fourth-order valence-electron chi connectivity index (χ4n) is 3.47. The van der Waals surface area contributed by atoms with Gasteiger partial charge in [0.2, 0.25) is 5.60 Å². The van der Waals surface area contributed by atoms with Crippen molar-refractivity contribution >= 4 is 11.9 Å². The Balaban J connectivity index is 1.69. The van der Waals surface area contributed by atoms with Crippen LogP contribution in [0.15, 0.2) is 84.9 Å². The molecular weight excluding hydrogens is 338 g/mol. The molecule has 4 heteroatoms. The lowest BCUT2D eigenvalue weighted by Crippen LogP contribution is -2.46. The number of hydrogen-bond donors (Lipinski definition) is 1. The molecule has 134 valence electrons. The van der Waals surface area contributed by atoms with Gasteiger partial charge < -0.3 is 10.1 Å². The topological polar surface area (TPSA) is 55.4 Å². The van der Waals surface area contributed by atoms with Gasteiger partial charge in [0, 0.05) is 18.5 Å². The van der Waals surface area contributed by atoms with Gasteiger partial charge in [-0.2, -0.15) is 0 Å². The van der Waals surface area contributed by atoms with Crippen LogP contribution in [0.5, 0.6) is 0 Å². The third kappa shape index (κ3) is 3.22. The Morgan fingerprint density at radius 1 is 0.815 bits per heavy atom. The third-order valence-corrected chi connectivity index (χ3v) is 4.81. The minimum Gasteiger partial charge on any atom is -0.440 e. The molecule has 0 fully saturated rings. The first-order valence-electron chi connectivity index (χ1n) is 8.88. The molecule has 1 N–H and O–H groups in total. The van der Waals surface area contributed by atoms with E-state index in [2.05, 4.69) is 5.32 Å². The summed E-state index contributed by atoms with van der Waals surface area (Å²) < 4.78 is 5.72. The van der Waals surface area contributed by atoms with Gasteiger partial charge in [-0.25, -0.2) is 4.79 Å². The highest BCUT2D eigenvalue weighted by molar-refractivity contribution is 6.02. The van der Waals surface area contributed by atoms with Crippen LogP contribution in [0.1, 0.15) is 27.0 Å². The SMILES string of the molecule is O=C1OC(Cc2ccccc2)(C(=O)NCc2ccccc2)c2ccccc21. The van der Waals surface area contributed by atoms with Crippen LogP contribution in [0.25, 0.3) is 0 Å². The lowest BCUT2D eigenvalue weighted by molar-refractivity contribution is -0.140. The van der Waals surface area contributed by atoms with Crippen LogP contribution in [0.4, 0.5) is 0 Å². The van der Waals surface area contributed by atoms with Crippen molar-refractivity contribution in [2.75, 3.05) is 0 Å². The molecule has 0 aromatic heterocycles. The zero-order valence-corrected chi connectivity index (χ0v) is 14.7. The molecule has 27 heavy (non-hydrogen) atoms. The van der Waals surface area contributed by atoms with E-state index in [-0.39, 0.29) is 12.3 Å². The Morgan fingerprint density at radius 3 is 2.11 bits per heavy atom. The molecule has 0 bridgehead atoms. The fraction of sp³-hybridized carbons (Fsp3) is 0.130. The Kier molecular flexibility index (Phi) is 4.47. The van der Waals surface area contributed by atoms with Crippen LogP contribution >= 0.6 is 0 Å². The zero-order chi connectivity index (χ0) is 18.7. The maximum Gasteiger partial charge on any atom is 0.340 e. The highest BCUT2D eigenvalue weighted by atomic mass is 16.6. The average molecular weight is 357 g/mol. The molecule has 4 nitrogen and oxygen atoms in total. The van der Waals surface area contributed by atoms with Crippen LogP contribution < -0.4 is 5.32 Å². The summed E-state index contributed by atoms with van der Waals surface area (Å²) in [7, 11) is 0. The highest BCUT2D eigenvalue weighted by Gasteiger charge is 2.51. The van der Waals surface area contributed by atoms with E-state index in [4.69, 9.17) is 4.74 Å². The minimum atomic E-state index is -1.36. The lowest BCUT2D eigenvalue weighted by Gasteiger charge is -2.28. The first-order chi connectivity index (χ1) is 13.2. The van der Waals surface area contributed by atoms with E-state index in [0.29, 0.717) is 17.7 Å². The molecule has 1 heterocycles. The monoisotopic (exact) mass is 357 g/mol. The number of hydrogen-bond acceptors (Lipinski definition) is 3. The van der Waals surface area contributed by atoms with Gasteiger partial charge in [0.25, 0.3) is 5.91 Å². The number of ether oxygens (including phenoxy) is 1. The van der Waals surface area contributed by atoms with E-state index in [1.165, 1.54) is 0 Å². The van der Waals surface area contributed by atoms with Crippen molar-refractivity contribution < 1.29 is 14.3 Å². The summed E-state index contributed by atoms with van der Waals surface area (Å²) in [4.78, 5) is 25.7. The van der Waals surface area contributed by atoms with Crippen molar-refractivity contribution in [3.63, 3.8) is 0 Å². The summed E-state index contributed by atoms with van der Waals surface area (Å²) in [5.41, 5.74) is 1.62. The molecule has 1 unspecified atom stereocenters. The van der Waals surface area contributed by atoms with Crippen LogP contribution in [0.3, 0.4) is 0 Å². The number of amides is 1. The smallest absolute Gasteiger partial charge is 0.340 e. The van der Waals surface area contributed by atoms with Crippen LogP contribution in [0.2, 0.25) is 0 Å². The molecule has 0 radical (unpaired) electrons. The van der Waals surface area contributed by atoms with Gasteiger partial charge in [0.1, 0.15) is 0 Å². The fourth-order valence-corrected chi connectivity index (χ4v) is 3.47. The summed E-state index contributed by atoms with van der Waals surface area (Å²) in [6, 6.07) is 26.4. The van der Waals surface area contributed by atoms with Crippen molar-refractivity contribution in [1.29, 1.82) is 0 Å². The molecule has 1 aliphatic heterocycles. The molecule has 0 spiro atoms. The Morgan fingerprint density at radius 2 is 1.41 bits per heavy atom. The van der Waals surface area contributed by atoms with E-state index in [9.17, 15) is 9.59 Å². The van der Waals surface area contributed by atoms with Gasteiger partial charge in [0.15, 0.2) is 0 Å². The maximum absolute atomic E-state index is 13.3. The Bertz CT molecular complexity index is 969. The highest BCUT2D eigenvalue weighted by Crippen LogP contribution is 2.39. The predicted molar refractivity (Wildman–Crippen MR) is 102 cm³/mol. The number of fused-ring (bicyclic) bond motifs is 1. The van der Waals surface area contributed by atoms with Crippen molar-refractivity contribution in [2.45, 2.75) is 18.6 Å². The van der Waals surface area contributed by atoms with Gasteiger partial charge in [-0.3, -0.25) is 4.79 Å². The molecule has 3 aromatic carbocycles. The number of rotatable bonds is 5. The summed E-state index contributed by atoms with van der Waals surface area (Å²) in [5, 5.41) is 2.95. The number of benzene rings is 3. The Hall–Kier alpha value is -3.40. The van der Waals surface area contributed by atoms with E-state index in [1.54, 1.807) is 18.2 Å². The summed E-state index contributed by atoms with van der Waals surface area (Å²) in [6.07, 6.45) is 0.289. The number of carbonyl (C=O) groups excluding carboxylic acids is 2. The standard InChI is InChI=1S/C23H19NO3/c25-21-19-13-7-8-14-20(19)23(27-21,15-17-9-3-1-4-10-17)22(26)24-16-18-11-5-2-6-12-18/h1-14H,15-16H2,(H,24,26). The maximum atomic E-state index is 13.3. The molecule has 0 aliphatic carbocycles. The largest absolute Gasteiger partial charge is 0.440 e. The first kappa shape index (κ1) is 17.0. The van der Waals surface area contributed by atoms with Crippen LogP contribution in [-0.2, 0) is 28.1 Å². The summed E-state index contributed by atoms with van der Waals surface area (Å²) >= 11 is 0. The quantitative estimate of drug-likeness (QED) is 0.710. The second-order valence-corrected chi connectivity index (χ2v) is 6.59. The molecule has 1 amide bonds. The number of cyclic esters (lactones) is 1. The summed E-state index contributed by atoms with van der Waals surface area (Å²) in [5.74, 6) is -0.773. The van der Waals surface area contributed by atoms with E-state index in [1.807, 2.05) is 66.7 Å². The molecule has 0 saturated carbocycles. The van der Waals surface area contributed by atoms with Gasteiger partial charge in [-0.1, -0.05) is 78.9 Å². The molecule has 4 rings (SSSR count). The summed E-state index contributed by atoms with van der Waals surface area (Å²) in [6.45, 7) is 0.371. The van der Waals surface area contributed by atoms with Crippen molar-refractivity contribution in [1.82, 2.24) is 5.32 Å². The minimum absolute atomic E-state index is 0.289. The number of esters is 1. The second kappa shape index (κ2) is 7.08. The van der Waals surface area contributed by atoms with Crippen molar-refractivity contribution in [3.8, 4) is 0 Å². The van der Waals surface area contributed by atoms with E-state index in [0.717, 1.165) is 11.1 Å². The number of carbonyl (C=O) groups is 2. The normalized spacial score (nSPS) is 17.9. The van der Waals surface area contributed by atoms with E-state index < -0.39 is 11.6 Å². The van der Waals surface area contributed by atoms with Gasteiger partial charge in [-0.15, -0.1) is 0 Å². The molecular formula is C23H19NO3. The van der Waals surface area contributed by atoms with Crippen LogP contribution in [0, 0.1) is 0 Å². The lowest BCUT2D eigenvalue weighted by atomic mass is 9.85. The molecule has 1 aliphatic rings. The van der Waals surface area contributed by atoms with E-state index >= 15 is 0 Å². The van der Waals surface area contributed by atoms with Gasteiger partial charge in [-0.05, 0) is 17.2 Å². The molecule has 1 atom stereocenters. The van der Waals surface area contributed by atoms with Crippen molar-refractivity contribution in [3.05, 3.63) is 107 Å². The van der Waals surface area contributed by atoms with Crippen LogP contribution in [-0.4, -0.2) is 11.9 Å². The van der Waals surface area contributed by atoms with Crippen molar-refractivity contribution in [2.24, 2.45) is 0 Å². The average Bonchev–Trinajstić information content (AvgIpc) is 3.01. The predicted octanol–water partition coefficient (Wildman–Crippen LogP) is 3.61. The second-order valence-electron chi connectivity index (χ2n) is 6.59. The third-order valence-electron chi connectivity index (χ3n) is 4.81. The zero-order valence-electron chi connectivity index (χ0n) is 14.7. The molecule has 3 aromatic rings. The molecule has 0 saturated heterocycles. The van der Waals surface area contributed by atoms with Gasteiger partial charge in [0.05, 0.1) is 5.56 Å². The first-order valence-corrected chi connectivity index (χ1v) is 8.88. The van der Waals surface area contributed by atoms with Gasteiger partial charge >= 0.3 is 5.97 Å². The number of nitrogens with one attached hydrogen (secondary N) is 1. The Labute approximate surface area is 157 Å².